The van der Waals surface area contributed by atoms with Crippen molar-refractivity contribution < 1.29 is 13.2 Å². The first kappa shape index (κ1) is 19.9. The lowest BCUT2D eigenvalue weighted by molar-refractivity contribution is -0.126. The largest absolute Gasteiger partial charge is 0.356 e. The van der Waals surface area contributed by atoms with Gasteiger partial charge in [0.15, 0.2) is 0 Å². The van der Waals surface area contributed by atoms with Gasteiger partial charge in [0.05, 0.1) is 10.8 Å². The molecule has 6 heteroatoms. The highest BCUT2D eigenvalue weighted by molar-refractivity contribution is 7.89. The third-order valence-electron chi connectivity index (χ3n) is 4.74. The average Bonchev–Trinajstić information content (AvgIpc) is 2.62. The summed E-state index contributed by atoms with van der Waals surface area (Å²) in [5.41, 5.74) is 1.03. The van der Waals surface area contributed by atoms with Crippen LogP contribution in [0.2, 0.25) is 0 Å². The van der Waals surface area contributed by atoms with Crippen LogP contribution in [0.4, 0.5) is 0 Å². The zero-order valence-corrected chi connectivity index (χ0v) is 16.1. The van der Waals surface area contributed by atoms with Gasteiger partial charge in [-0.05, 0) is 38.3 Å². The Labute approximate surface area is 151 Å². The van der Waals surface area contributed by atoms with E-state index in [9.17, 15) is 13.2 Å². The lowest BCUT2D eigenvalue weighted by atomic mass is 9.99. The lowest BCUT2D eigenvalue weighted by Gasteiger charge is -2.31. The molecule has 1 aliphatic rings. The molecule has 0 radical (unpaired) electrons. The fourth-order valence-electron chi connectivity index (χ4n) is 3.14. The van der Waals surface area contributed by atoms with Gasteiger partial charge in [-0.1, -0.05) is 43.9 Å². The van der Waals surface area contributed by atoms with E-state index >= 15 is 0 Å². The number of unbranched alkanes of at least 4 members (excludes halogenated alkanes) is 3. The first-order valence-corrected chi connectivity index (χ1v) is 10.7. The van der Waals surface area contributed by atoms with Crippen LogP contribution in [0, 0.1) is 12.8 Å². The van der Waals surface area contributed by atoms with E-state index < -0.39 is 10.0 Å². The molecule has 1 fully saturated rings. The van der Waals surface area contributed by atoms with Crippen molar-refractivity contribution in [3.05, 3.63) is 29.8 Å². The van der Waals surface area contributed by atoms with Gasteiger partial charge in [-0.15, -0.1) is 0 Å². The highest BCUT2D eigenvalue weighted by Crippen LogP contribution is 2.24. The molecule has 1 amide bonds. The molecule has 0 saturated carbocycles. The Morgan fingerprint density at radius 2 is 1.92 bits per heavy atom. The van der Waals surface area contributed by atoms with E-state index in [-0.39, 0.29) is 18.4 Å². The minimum absolute atomic E-state index is 0.0136. The fraction of sp³-hybridized carbons (Fsp3) is 0.632. The van der Waals surface area contributed by atoms with Crippen LogP contribution < -0.4 is 5.32 Å². The maximum atomic E-state index is 12.8. The minimum Gasteiger partial charge on any atom is -0.356 e. The molecule has 0 spiro atoms. The third kappa shape index (κ3) is 5.54. The number of amides is 1. The van der Waals surface area contributed by atoms with Gasteiger partial charge in [0, 0.05) is 19.6 Å². The van der Waals surface area contributed by atoms with Crippen LogP contribution in [0.5, 0.6) is 0 Å². The Kier molecular flexibility index (Phi) is 7.44. The number of piperidine rings is 1. The van der Waals surface area contributed by atoms with E-state index in [2.05, 4.69) is 12.2 Å². The molecule has 5 nitrogen and oxygen atoms in total. The van der Waals surface area contributed by atoms with Crippen molar-refractivity contribution in [2.45, 2.75) is 57.3 Å². The van der Waals surface area contributed by atoms with Gasteiger partial charge >= 0.3 is 0 Å². The zero-order valence-electron chi connectivity index (χ0n) is 15.3. The van der Waals surface area contributed by atoms with E-state index in [1.165, 1.54) is 17.1 Å². The molecule has 1 aliphatic heterocycles. The highest BCUT2D eigenvalue weighted by Gasteiger charge is 2.33. The second-order valence-electron chi connectivity index (χ2n) is 6.87. The molecule has 1 atom stereocenters. The molecule has 1 aromatic rings. The van der Waals surface area contributed by atoms with Crippen molar-refractivity contribution in [1.29, 1.82) is 0 Å². The Hall–Kier alpha value is -1.40. The van der Waals surface area contributed by atoms with Gasteiger partial charge in [0.25, 0.3) is 0 Å². The minimum atomic E-state index is -3.52. The second kappa shape index (κ2) is 9.34. The first-order chi connectivity index (χ1) is 11.9. The number of hydrogen-bond acceptors (Lipinski definition) is 3. The Balaban J connectivity index is 1.93. The summed E-state index contributed by atoms with van der Waals surface area (Å²) in [5, 5.41) is 2.97. The summed E-state index contributed by atoms with van der Waals surface area (Å²) >= 11 is 0. The van der Waals surface area contributed by atoms with Crippen LogP contribution >= 0.6 is 0 Å². The maximum absolute atomic E-state index is 12.8. The number of benzene rings is 1. The topological polar surface area (TPSA) is 66.5 Å². The molecule has 1 N–H and O–H groups in total. The van der Waals surface area contributed by atoms with Crippen LogP contribution in [0.25, 0.3) is 0 Å². The average molecular weight is 367 g/mol. The number of carbonyl (C=O) groups excluding carboxylic acids is 1. The molecule has 2 rings (SSSR count). The molecule has 1 saturated heterocycles. The van der Waals surface area contributed by atoms with Gasteiger partial charge in [-0.25, -0.2) is 8.42 Å². The zero-order chi connectivity index (χ0) is 18.3. The van der Waals surface area contributed by atoms with Crippen LogP contribution in [0.15, 0.2) is 29.2 Å². The number of sulfonamides is 1. The number of hydrogen-bond donors (Lipinski definition) is 1. The fourth-order valence-corrected chi connectivity index (χ4v) is 4.67. The highest BCUT2D eigenvalue weighted by atomic mass is 32.2. The molecule has 1 aromatic carbocycles. The van der Waals surface area contributed by atoms with E-state index in [0.29, 0.717) is 18.0 Å². The van der Waals surface area contributed by atoms with Crippen molar-refractivity contribution in [1.82, 2.24) is 9.62 Å². The van der Waals surface area contributed by atoms with E-state index in [1.807, 2.05) is 6.92 Å². The monoisotopic (exact) mass is 366 g/mol. The summed E-state index contributed by atoms with van der Waals surface area (Å²) in [6.45, 7) is 5.52. The van der Waals surface area contributed by atoms with Crippen molar-refractivity contribution in [3.8, 4) is 0 Å². The molecular weight excluding hydrogens is 336 g/mol. The molecule has 1 heterocycles. The number of carbonyl (C=O) groups is 1. The summed E-state index contributed by atoms with van der Waals surface area (Å²) in [5.74, 6) is -0.263. The van der Waals surface area contributed by atoms with E-state index in [4.69, 9.17) is 0 Å². The van der Waals surface area contributed by atoms with Gasteiger partial charge in [0.1, 0.15) is 0 Å². The quantitative estimate of drug-likeness (QED) is 0.719. The van der Waals surface area contributed by atoms with Gasteiger partial charge in [-0.3, -0.25) is 4.79 Å². The summed E-state index contributed by atoms with van der Waals surface area (Å²) in [4.78, 5) is 12.7. The van der Waals surface area contributed by atoms with Gasteiger partial charge < -0.3 is 5.32 Å². The molecule has 1 unspecified atom stereocenters. The summed E-state index contributed by atoms with van der Waals surface area (Å²) < 4.78 is 27.0. The van der Waals surface area contributed by atoms with Crippen LogP contribution in [0.1, 0.15) is 51.0 Å². The number of nitrogens with one attached hydrogen (secondary N) is 1. The first-order valence-electron chi connectivity index (χ1n) is 9.29. The van der Waals surface area contributed by atoms with Crippen molar-refractivity contribution in [2.24, 2.45) is 5.92 Å². The van der Waals surface area contributed by atoms with Gasteiger partial charge in [0.2, 0.25) is 15.9 Å². The standard InChI is InChI=1S/C19H30N2O3S/c1-3-4-5-6-13-20-19(22)17-8-7-14-21(15-17)25(23,24)18-11-9-16(2)10-12-18/h9-12,17H,3-8,13-15H2,1-2H3,(H,20,22). The van der Waals surface area contributed by atoms with Crippen LogP contribution in [-0.2, 0) is 14.8 Å². The summed E-state index contributed by atoms with van der Waals surface area (Å²) in [6, 6.07) is 6.89. The normalized spacial score (nSPS) is 18.9. The molecule has 140 valence electrons. The number of nitrogens with zero attached hydrogens (tertiary/aromatic N) is 1. The Morgan fingerprint density at radius 3 is 2.60 bits per heavy atom. The summed E-state index contributed by atoms with van der Waals surface area (Å²) in [7, 11) is -3.52. The van der Waals surface area contributed by atoms with Crippen molar-refractivity contribution in [3.63, 3.8) is 0 Å². The maximum Gasteiger partial charge on any atom is 0.243 e. The smallest absolute Gasteiger partial charge is 0.243 e. The number of rotatable bonds is 8. The van der Waals surface area contributed by atoms with Crippen LogP contribution in [-0.4, -0.2) is 38.3 Å². The van der Waals surface area contributed by atoms with Crippen molar-refractivity contribution >= 4 is 15.9 Å². The predicted molar refractivity (Wildman–Crippen MR) is 99.8 cm³/mol. The number of aryl methyl sites for hydroxylation is 1. The molecule has 0 aliphatic carbocycles. The predicted octanol–water partition coefficient (Wildman–Crippen LogP) is 3.09. The summed E-state index contributed by atoms with van der Waals surface area (Å²) in [6.07, 6.45) is 5.93. The van der Waals surface area contributed by atoms with E-state index in [1.54, 1.807) is 24.3 Å². The van der Waals surface area contributed by atoms with Gasteiger partial charge in [-0.2, -0.15) is 4.31 Å². The van der Waals surface area contributed by atoms with Crippen LogP contribution in [0.3, 0.4) is 0 Å². The molecular formula is C19H30N2O3S. The van der Waals surface area contributed by atoms with E-state index in [0.717, 1.165) is 31.2 Å². The molecule has 0 bridgehead atoms. The molecule has 0 aromatic heterocycles. The second-order valence-corrected chi connectivity index (χ2v) is 8.80. The SMILES string of the molecule is CCCCCCNC(=O)C1CCCN(S(=O)(=O)c2ccc(C)cc2)C1. The Morgan fingerprint density at radius 1 is 1.20 bits per heavy atom. The Bertz CT molecular complexity index is 656. The lowest BCUT2D eigenvalue weighted by Crippen LogP contribution is -2.45. The molecule has 25 heavy (non-hydrogen) atoms. The van der Waals surface area contributed by atoms with Crippen molar-refractivity contribution in [2.75, 3.05) is 19.6 Å². The third-order valence-corrected chi connectivity index (χ3v) is 6.62.